The number of Topliss-reactive ketones (excluding diaryl/α,β-unsaturated/α-hetero) is 1. The summed E-state index contributed by atoms with van der Waals surface area (Å²) in [6.45, 7) is -0.453. The fraction of sp³-hybridized carbons (Fsp3) is 0.211. The fourth-order valence-corrected chi connectivity index (χ4v) is 2.76. The largest absolute Gasteiger partial charge is 0.496 e. The molecule has 0 bridgehead atoms. The quantitative estimate of drug-likeness (QED) is 0.532. The third-order valence-corrected chi connectivity index (χ3v) is 4.08. The van der Waals surface area contributed by atoms with Crippen molar-refractivity contribution in [3.8, 4) is 5.75 Å². The predicted octanol–water partition coefficient (Wildman–Crippen LogP) is 2.87. The number of rotatable bonds is 8. The molecule has 1 atom stereocenters. The highest BCUT2D eigenvalue weighted by atomic mass is 35.5. The van der Waals surface area contributed by atoms with Crippen LogP contribution >= 0.6 is 11.6 Å². The van der Waals surface area contributed by atoms with E-state index >= 15 is 0 Å². The van der Waals surface area contributed by atoms with Crippen LogP contribution in [0.15, 0.2) is 48.5 Å². The fourth-order valence-electron chi connectivity index (χ4n) is 2.49. The van der Waals surface area contributed by atoms with Crippen LogP contribution in [0.25, 0.3) is 0 Å². The van der Waals surface area contributed by atoms with E-state index in [1.54, 1.807) is 48.5 Å². The number of primary amides is 1. The molecule has 2 rings (SSSR count). The van der Waals surface area contributed by atoms with Crippen molar-refractivity contribution in [3.05, 3.63) is 64.7 Å². The van der Waals surface area contributed by atoms with E-state index in [4.69, 9.17) is 26.8 Å². The number of carbonyl (C=O) groups is 3. The first-order valence-corrected chi connectivity index (χ1v) is 8.42. The number of hydrogen-bond donors (Lipinski definition) is 2. The van der Waals surface area contributed by atoms with Crippen LogP contribution in [0.2, 0.25) is 5.02 Å². The summed E-state index contributed by atoms with van der Waals surface area (Å²) in [6, 6.07) is 11.8. The van der Waals surface area contributed by atoms with Gasteiger partial charge in [-0.2, -0.15) is 0 Å². The maximum atomic E-state index is 12.2. The molecule has 0 saturated heterocycles. The van der Waals surface area contributed by atoms with Crippen LogP contribution in [0, 0.1) is 0 Å². The minimum absolute atomic E-state index is 0.230. The lowest BCUT2D eigenvalue weighted by Crippen LogP contribution is -2.35. The highest BCUT2D eigenvalue weighted by Gasteiger charge is 2.22. The van der Waals surface area contributed by atoms with Crippen molar-refractivity contribution < 1.29 is 23.9 Å². The molecule has 0 aliphatic heterocycles. The Hall–Kier alpha value is -3.06. The molecule has 7 nitrogen and oxygen atoms in total. The number of ketones is 1. The van der Waals surface area contributed by atoms with E-state index in [2.05, 4.69) is 5.32 Å². The third-order valence-electron chi connectivity index (χ3n) is 3.74. The molecule has 0 saturated carbocycles. The first-order valence-electron chi connectivity index (χ1n) is 8.04. The lowest BCUT2D eigenvalue weighted by molar-refractivity contribution is -0.143. The number of hydrogen-bond acceptors (Lipinski definition) is 5. The monoisotopic (exact) mass is 390 g/mol. The van der Waals surface area contributed by atoms with Gasteiger partial charge >= 0.3 is 12.0 Å². The Bertz CT molecular complexity index is 840. The Labute approximate surface area is 161 Å². The van der Waals surface area contributed by atoms with Crippen LogP contribution in [0.3, 0.4) is 0 Å². The number of nitrogens with one attached hydrogen (secondary N) is 1. The van der Waals surface area contributed by atoms with E-state index in [9.17, 15) is 14.4 Å². The number of esters is 1. The zero-order chi connectivity index (χ0) is 19.8. The number of urea groups is 1. The third kappa shape index (κ3) is 5.72. The lowest BCUT2D eigenvalue weighted by Gasteiger charge is -2.18. The number of para-hydroxylation sites is 1. The average Bonchev–Trinajstić information content (AvgIpc) is 2.65. The van der Waals surface area contributed by atoms with Gasteiger partial charge < -0.3 is 20.5 Å². The molecular formula is C19H19ClN2O5. The van der Waals surface area contributed by atoms with Crippen LogP contribution < -0.4 is 15.8 Å². The number of nitrogens with two attached hydrogens (primary N) is 1. The van der Waals surface area contributed by atoms with Crippen molar-refractivity contribution >= 4 is 29.4 Å². The van der Waals surface area contributed by atoms with Gasteiger partial charge in [-0.15, -0.1) is 0 Å². The van der Waals surface area contributed by atoms with Gasteiger partial charge in [-0.1, -0.05) is 41.9 Å². The summed E-state index contributed by atoms with van der Waals surface area (Å²) in [5, 5.41) is 2.82. The van der Waals surface area contributed by atoms with Gasteiger partial charge in [0, 0.05) is 5.02 Å². The number of methoxy groups -OCH3 is 1. The molecule has 0 aliphatic rings. The summed E-state index contributed by atoms with van der Waals surface area (Å²) in [5.41, 5.74) is 6.00. The zero-order valence-electron chi connectivity index (χ0n) is 14.6. The predicted molar refractivity (Wildman–Crippen MR) is 99.8 cm³/mol. The Morgan fingerprint density at radius 2 is 1.78 bits per heavy atom. The van der Waals surface area contributed by atoms with Gasteiger partial charge in [0.2, 0.25) is 5.78 Å². The van der Waals surface area contributed by atoms with Crippen LogP contribution in [0.1, 0.15) is 28.4 Å². The number of carbonyl (C=O) groups excluding carboxylic acids is 3. The van der Waals surface area contributed by atoms with Crippen LogP contribution in [0.4, 0.5) is 4.79 Å². The Balaban J connectivity index is 2.02. The van der Waals surface area contributed by atoms with Crippen molar-refractivity contribution in [3.63, 3.8) is 0 Å². The molecule has 0 aromatic heterocycles. The molecule has 2 amide bonds. The van der Waals surface area contributed by atoms with Crippen molar-refractivity contribution in [2.45, 2.75) is 12.5 Å². The summed E-state index contributed by atoms with van der Waals surface area (Å²) in [6.07, 6.45) is -0.230. The van der Waals surface area contributed by atoms with Crippen molar-refractivity contribution in [2.75, 3.05) is 13.7 Å². The van der Waals surface area contributed by atoms with Gasteiger partial charge in [0.05, 0.1) is 25.1 Å². The van der Waals surface area contributed by atoms with E-state index in [-0.39, 0.29) is 6.42 Å². The molecule has 8 heteroatoms. The molecule has 142 valence electrons. The van der Waals surface area contributed by atoms with Gasteiger partial charge in [-0.3, -0.25) is 9.59 Å². The molecule has 2 aromatic rings. The lowest BCUT2D eigenvalue weighted by atomic mass is 10.0. The molecular weight excluding hydrogens is 372 g/mol. The maximum Gasteiger partial charge on any atom is 0.312 e. The molecule has 0 spiro atoms. The van der Waals surface area contributed by atoms with Gasteiger partial charge in [0.1, 0.15) is 5.75 Å². The summed E-state index contributed by atoms with van der Waals surface area (Å²) in [4.78, 5) is 35.7. The Morgan fingerprint density at radius 1 is 1.11 bits per heavy atom. The van der Waals surface area contributed by atoms with E-state index in [0.717, 1.165) is 0 Å². The standard InChI is InChI=1S/C19H19ClN2O5/c1-26-17-9-5-3-7-13(17)16(23)11-27-18(24)10-15(22-19(21)25)12-6-2-4-8-14(12)20/h2-9,15H,10-11H2,1H3,(H3,21,22,25)/t15-/m0/s1. The number of benzene rings is 2. The van der Waals surface area contributed by atoms with E-state index in [1.165, 1.54) is 7.11 Å². The highest BCUT2D eigenvalue weighted by Crippen LogP contribution is 2.25. The Morgan fingerprint density at radius 3 is 2.44 bits per heavy atom. The topological polar surface area (TPSA) is 108 Å². The smallest absolute Gasteiger partial charge is 0.312 e. The zero-order valence-corrected chi connectivity index (χ0v) is 15.4. The molecule has 3 N–H and O–H groups in total. The molecule has 2 aromatic carbocycles. The number of halogens is 1. The van der Waals surface area contributed by atoms with E-state index in [1.807, 2.05) is 0 Å². The molecule has 27 heavy (non-hydrogen) atoms. The molecule has 0 heterocycles. The minimum Gasteiger partial charge on any atom is -0.496 e. The number of amides is 2. The first-order chi connectivity index (χ1) is 12.9. The first kappa shape index (κ1) is 20.3. The van der Waals surface area contributed by atoms with Gasteiger partial charge in [-0.05, 0) is 23.8 Å². The minimum atomic E-state index is -0.808. The van der Waals surface area contributed by atoms with Crippen molar-refractivity contribution in [1.82, 2.24) is 5.32 Å². The van der Waals surface area contributed by atoms with E-state index < -0.39 is 30.4 Å². The molecule has 0 fully saturated rings. The summed E-state index contributed by atoms with van der Waals surface area (Å²) in [7, 11) is 1.45. The second kappa shape index (κ2) is 9.59. The summed E-state index contributed by atoms with van der Waals surface area (Å²) >= 11 is 6.11. The molecule has 0 unspecified atom stereocenters. The van der Waals surface area contributed by atoms with Crippen LogP contribution in [-0.2, 0) is 9.53 Å². The molecule has 0 radical (unpaired) electrons. The van der Waals surface area contributed by atoms with Gasteiger partial charge in [0.25, 0.3) is 0 Å². The van der Waals surface area contributed by atoms with E-state index in [0.29, 0.717) is 21.9 Å². The van der Waals surface area contributed by atoms with Gasteiger partial charge in [-0.25, -0.2) is 4.79 Å². The van der Waals surface area contributed by atoms with Gasteiger partial charge in [0.15, 0.2) is 6.61 Å². The molecule has 0 aliphatic carbocycles. The SMILES string of the molecule is COc1ccccc1C(=O)COC(=O)C[C@H](NC(N)=O)c1ccccc1Cl. The summed E-state index contributed by atoms with van der Waals surface area (Å²) in [5.74, 6) is -0.697. The van der Waals surface area contributed by atoms with Crippen LogP contribution in [0.5, 0.6) is 5.75 Å². The van der Waals surface area contributed by atoms with Crippen molar-refractivity contribution in [1.29, 1.82) is 0 Å². The van der Waals surface area contributed by atoms with Crippen molar-refractivity contribution in [2.24, 2.45) is 5.73 Å². The second-order valence-electron chi connectivity index (χ2n) is 5.57. The van der Waals surface area contributed by atoms with Crippen LogP contribution in [-0.4, -0.2) is 31.5 Å². The summed E-state index contributed by atoms with van der Waals surface area (Å²) < 4.78 is 10.2. The second-order valence-corrected chi connectivity index (χ2v) is 5.98. The highest BCUT2D eigenvalue weighted by molar-refractivity contribution is 6.31. The maximum absolute atomic E-state index is 12.2. The Kier molecular flexibility index (Phi) is 7.19. The average molecular weight is 391 g/mol. The number of ether oxygens (including phenoxy) is 2. The normalized spacial score (nSPS) is 11.3.